The number of amides is 1. The van der Waals surface area contributed by atoms with Gasteiger partial charge in [-0.2, -0.15) is 0 Å². The first-order chi connectivity index (χ1) is 18.8. The van der Waals surface area contributed by atoms with E-state index in [1.54, 1.807) is 59.8 Å². The van der Waals surface area contributed by atoms with E-state index in [2.05, 4.69) is 9.71 Å². The van der Waals surface area contributed by atoms with E-state index in [0.717, 1.165) is 12.8 Å². The van der Waals surface area contributed by atoms with Crippen molar-refractivity contribution in [1.29, 1.82) is 0 Å². The summed E-state index contributed by atoms with van der Waals surface area (Å²) in [5.74, 6) is 0.965. The highest BCUT2D eigenvalue weighted by molar-refractivity contribution is 7.92. The summed E-state index contributed by atoms with van der Waals surface area (Å²) in [6.07, 6.45) is 5.16. The van der Waals surface area contributed by atoms with Gasteiger partial charge in [-0.15, -0.1) is 0 Å². The van der Waals surface area contributed by atoms with Gasteiger partial charge in [-0.05, 0) is 91.1 Å². The molecule has 0 radical (unpaired) electrons. The number of benzene rings is 3. The first-order valence-corrected chi connectivity index (χ1v) is 14.6. The second-order valence-corrected chi connectivity index (χ2v) is 11.7. The third-order valence-corrected chi connectivity index (χ3v) is 8.54. The Morgan fingerprint density at radius 1 is 0.923 bits per heavy atom. The van der Waals surface area contributed by atoms with Gasteiger partial charge in [-0.3, -0.25) is 14.5 Å². The standard InChI is InChI=1S/C29H25Cl2N3O4S/c30-22-5-10-27(25(19-22)29(35)34-17-13-21(14-18-34)20-11-15-32-16-12-20)33-39(36,37)24-8-6-23(7-9-24)38-28-4-2-1-3-26(28)31/h1-12,15-16,19,21,33H,13-14,17-18H2. The fourth-order valence-corrected chi connectivity index (χ4v) is 5.98. The van der Waals surface area contributed by atoms with E-state index in [9.17, 15) is 13.2 Å². The van der Waals surface area contributed by atoms with Gasteiger partial charge < -0.3 is 9.64 Å². The van der Waals surface area contributed by atoms with Gasteiger partial charge in [0.05, 0.1) is 21.2 Å². The number of anilines is 1. The molecule has 4 aromatic rings. The zero-order valence-corrected chi connectivity index (χ0v) is 23.1. The van der Waals surface area contributed by atoms with E-state index in [4.69, 9.17) is 27.9 Å². The summed E-state index contributed by atoms with van der Waals surface area (Å²) >= 11 is 12.3. The molecule has 5 rings (SSSR count). The van der Waals surface area contributed by atoms with Crippen molar-refractivity contribution in [3.63, 3.8) is 0 Å². The number of nitrogens with zero attached hydrogens (tertiary/aromatic N) is 2. The molecule has 0 atom stereocenters. The van der Waals surface area contributed by atoms with Crippen molar-refractivity contribution < 1.29 is 17.9 Å². The average molecular weight is 583 g/mol. The van der Waals surface area contributed by atoms with Crippen molar-refractivity contribution >= 4 is 44.8 Å². The van der Waals surface area contributed by atoms with Crippen LogP contribution in [0.2, 0.25) is 10.0 Å². The molecule has 0 saturated carbocycles. The van der Waals surface area contributed by atoms with Crippen LogP contribution in [0.15, 0.2) is 96.2 Å². The maximum atomic E-state index is 13.5. The van der Waals surface area contributed by atoms with E-state index in [0.29, 0.717) is 40.6 Å². The van der Waals surface area contributed by atoms with Crippen molar-refractivity contribution in [2.75, 3.05) is 17.8 Å². The van der Waals surface area contributed by atoms with Crippen LogP contribution in [0.3, 0.4) is 0 Å². The molecule has 2 heterocycles. The molecule has 0 bridgehead atoms. The van der Waals surface area contributed by atoms with Gasteiger partial charge in [0.2, 0.25) is 0 Å². The number of sulfonamides is 1. The number of ether oxygens (including phenoxy) is 1. The molecule has 39 heavy (non-hydrogen) atoms. The number of piperidine rings is 1. The largest absolute Gasteiger partial charge is 0.456 e. The summed E-state index contributed by atoms with van der Waals surface area (Å²) in [4.78, 5) is 19.3. The van der Waals surface area contributed by atoms with Crippen LogP contribution >= 0.6 is 23.2 Å². The van der Waals surface area contributed by atoms with E-state index in [-0.39, 0.29) is 22.1 Å². The van der Waals surface area contributed by atoms with Gasteiger partial charge in [-0.25, -0.2) is 8.42 Å². The number of rotatable bonds is 7. The number of halogens is 2. The van der Waals surface area contributed by atoms with Crippen LogP contribution in [0, 0.1) is 0 Å². The maximum absolute atomic E-state index is 13.5. The minimum Gasteiger partial charge on any atom is -0.456 e. The van der Waals surface area contributed by atoms with E-state index < -0.39 is 10.0 Å². The fraction of sp³-hybridized carbons (Fsp3) is 0.172. The van der Waals surface area contributed by atoms with Gasteiger partial charge in [0.15, 0.2) is 0 Å². The van der Waals surface area contributed by atoms with E-state index in [1.165, 1.54) is 29.8 Å². The number of para-hydroxylation sites is 1. The lowest BCUT2D eigenvalue weighted by Gasteiger charge is -2.32. The van der Waals surface area contributed by atoms with Crippen LogP contribution in [-0.4, -0.2) is 37.3 Å². The summed E-state index contributed by atoms with van der Waals surface area (Å²) in [5, 5.41) is 0.784. The predicted molar refractivity (Wildman–Crippen MR) is 152 cm³/mol. The molecule has 3 aromatic carbocycles. The maximum Gasteiger partial charge on any atom is 0.261 e. The molecule has 1 amide bonds. The Labute approximate surface area is 237 Å². The van der Waals surface area contributed by atoms with Crippen LogP contribution < -0.4 is 9.46 Å². The number of carbonyl (C=O) groups is 1. The second kappa shape index (κ2) is 11.7. The number of hydrogen-bond acceptors (Lipinski definition) is 5. The Morgan fingerprint density at radius 2 is 1.62 bits per heavy atom. The second-order valence-electron chi connectivity index (χ2n) is 9.15. The zero-order chi connectivity index (χ0) is 27.4. The Bertz CT molecular complexity index is 1570. The zero-order valence-electron chi connectivity index (χ0n) is 20.8. The van der Waals surface area contributed by atoms with Gasteiger partial charge in [0.1, 0.15) is 11.5 Å². The highest BCUT2D eigenvalue weighted by Gasteiger charge is 2.27. The number of hydrogen-bond donors (Lipinski definition) is 1. The van der Waals surface area contributed by atoms with Crippen LogP contribution in [0.5, 0.6) is 11.5 Å². The molecule has 1 saturated heterocycles. The van der Waals surface area contributed by atoms with Crippen molar-refractivity contribution in [2.45, 2.75) is 23.7 Å². The van der Waals surface area contributed by atoms with Crippen LogP contribution in [0.1, 0.15) is 34.7 Å². The molecule has 0 unspecified atom stereocenters. The molecule has 1 N–H and O–H groups in total. The minimum atomic E-state index is -4.01. The molecule has 0 aliphatic carbocycles. The molecule has 1 aliphatic heterocycles. The number of carbonyl (C=O) groups excluding carboxylic acids is 1. The van der Waals surface area contributed by atoms with Crippen molar-refractivity contribution in [3.05, 3.63) is 112 Å². The first kappa shape index (κ1) is 27.0. The molecule has 200 valence electrons. The lowest BCUT2D eigenvalue weighted by atomic mass is 9.90. The highest BCUT2D eigenvalue weighted by Crippen LogP contribution is 2.32. The molecule has 7 nitrogen and oxygen atoms in total. The molecular formula is C29H25Cl2N3O4S. The summed E-state index contributed by atoms with van der Waals surface area (Å²) in [7, 11) is -4.01. The molecule has 1 aliphatic rings. The SMILES string of the molecule is O=C(c1cc(Cl)ccc1NS(=O)(=O)c1ccc(Oc2ccccc2Cl)cc1)N1CCC(c2ccncc2)CC1. The third-order valence-electron chi connectivity index (χ3n) is 6.61. The smallest absolute Gasteiger partial charge is 0.261 e. The van der Waals surface area contributed by atoms with Gasteiger partial charge in [0.25, 0.3) is 15.9 Å². The van der Waals surface area contributed by atoms with Crippen molar-refractivity contribution in [3.8, 4) is 11.5 Å². The predicted octanol–water partition coefficient (Wildman–Crippen LogP) is 7.00. The monoisotopic (exact) mass is 581 g/mol. The molecule has 1 aromatic heterocycles. The molecule has 1 fully saturated rings. The number of aromatic nitrogens is 1. The van der Waals surface area contributed by atoms with E-state index in [1.807, 2.05) is 12.1 Å². The van der Waals surface area contributed by atoms with Gasteiger partial charge >= 0.3 is 0 Å². The van der Waals surface area contributed by atoms with Crippen molar-refractivity contribution in [2.24, 2.45) is 0 Å². The van der Waals surface area contributed by atoms with Crippen LogP contribution in [0.4, 0.5) is 5.69 Å². The molecule has 10 heteroatoms. The van der Waals surface area contributed by atoms with E-state index >= 15 is 0 Å². The van der Waals surface area contributed by atoms with Crippen molar-refractivity contribution in [1.82, 2.24) is 9.88 Å². The topological polar surface area (TPSA) is 88.6 Å². The third kappa shape index (κ3) is 6.36. The first-order valence-electron chi connectivity index (χ1n) is 12.3. The summed E-state index contributed by atoms with van der Waals surface area (Å²) in [6.45, 7) is 1.11. The normalized spacial score (nSPS) is 14.2. The summed E-state index contributed by atoms with van der Waals surface area (Å²) in [6, 6.07) is 21.5. The van der Waals surface area contributed by atoms with Crippen LogP contribution in [-0.2, 0) is 10.0 Å². The Hall–Kier alpha value is -3.59. The number of nitrogens with one attached hydrogen (secondary N) is 1. The summed E-state index contributed by atoms with van der Waals surface area (Å²) < 4.78 is 34.8. The molecular weight excluding hydrogens is 557 g/mol. The lowest BCUT2D eigenvalue weighted by molar-refractivity contribution is 0.0714. The fourth-order valence-electron chi connectivity index (χ4n) is 4.55. The quantitative estimate of drug-likeness (QED) is 0.254. The number of likely N-dealkylation sites (tertiary alicyclic amines) is 1. The number of pyridine rings is 1. The Morgan fingerprint density at radius 3 is 2.31 bits per heavy atom. The minimum absolute atomic E-state index is 0.0144. The molecule has 0 spiro atoms. The van der Waals surface area contributed by atoms with Gasteiger partial charge in [-0.1, -0.05) is 35.3 Å². The highest BCUT2D eigenvalue weighted by atomic mass is 35.5. The average Bonchev–Trinajstić information content (AvgIpc) is 2.96. The van der Waals surface area contributed by atoms with Gasteiger partial charge in [0, 0.05) is 30.5 Å². The van der Waals surface area contributed by atoms with Crippen LogP contribution in [0.25, 0.3) is 0 Å². The Balaban J connectivity index is 1.30. The Kier molecular flexibility index (Phi) is 8.07. The summed E-state index contributed by atoms with van der Waals surface area (Å²) in [5.41, 5.74) is 1.57. The lowest BCUT2D eigenvalue weighted by Crippen LogP contribution is -2.38.